The Morgan fingerprint density at radius 3 is 1.35 bits per heavy atom. The van der Waals surface area contributed by atoms with Gasteiger partial charge in [0.1, 0.15) is 28.6 Å². The van der Waals surface area contributed by atoms with Gasteiger partial charge in [-0.1, -0.05) is 255 Å². The summed E-state index contributed by atoms with van der Waals surface area (Å²) in [4.78, 5) is 5.55. The van der Waals surface area contributed by atoms with Crippen LogP contribution in [0.2, 0.25) is 0 Å². The van der Waals surface area contributed by atoms with Crippen LogP contribution in [0.4, 0.5) is 0 Å². The van der Waals surface area contributed by atoms with Crippen LogP contribution < -0.4 is 9.47 Å². The predicted molar refractivity (Wildman–Crippen MR) is 411 cm³/mol. The number of benzene rings is 15. The van der Waals surface area contributed by atoms with Gasteiger partial charge >= 0.3 is 0 Å². The zero-order valence-electron chi connectivity index (χ0n) is 54.5. The molecule has 2 aliphatic carbocycles. The molecular formula is C95H58N4O2. The lowest BCUT2D eigenvalue weighted by atomic mass is 9.66. The Bertz CT molecular complexity index is 6450. The molecule has 2 N–H and O–H groups in total. The largest absolute Gasteiger partial charge is 0.457 e. The predicted octanol–water partition coefficient (Wildman–Crippen LogP) is 23.5. The summed E-state index contributed by atoms with van der Waals surface area (Å²) in [6.45, 7) is 0. The van der Waals surface area contributed by atoms with Crippen LogP contribution in [0.5, 0.6) is 23.0 Å². The van der Waals surface area contributed by atoms with E-state index in [1.807, 2.05) is 24.3 Å². The van der Waals surface area contributed by atoms with Crippen molar-refractivity contribution in [1.29, 1.82) is 10.8 Å². The highest BCUT2D eigenvalue weighted by atomic mass is 16.5. The summed E-state index contributed by atoms with van der Waals surface area (Å²) in [5.74, 6) is 3.44. The maximum atomic E-state index is 9.57. The van der Waals surface area contributed by atoms with Crippen LogP contribution in [0.1, 0.15) is 55.6 Å². The van der Waals surface area contributed by atoms with E-state index in [9.17, 15) is 10.8 Å². The molecule has 0 saturated carbocycles. The number of hydrogen-bond acceptors (Lipinski definition) is 5. The number of nitrogens with zero attached hydrogens (tertiary/aromatic N) is 2. The first-order chi connectivity index (χ1) is 49.9. The molecule has 21 rings (SSSR count). The molecular weight excluding hydrogens is 1230 g/mol. The Morgan fingerprint density at radius 2 is 0.743 bits per heavy atom. The number of pyridine rings is 1. The number of nitrogens with one attached hydrogen (secondary N) is 2. The minimum Gasteiger partial charge on any atom is -0.457 e. The average molecular weight is 1290 g/mol. The quantitative estimate of drug-likeness (QED) is 0.117. The van der Waals surface area contributed by atoms with E-state index in [0.29, 0.717) is 11.4 Å². The first-order valence-electron chi connectivity index (χ1n) is 34.5. The van der Waals surface area contributed by atoms with Gasteiger partial charge in [-0.05, 0) is 196 Å². The third-order valence-corrected chi connectivity index (χ3v) is 22.0. The van der Waals surface area contributed by atoms with Crippen molar-refractivity contribution in [1.82, 2.24) is 9.38 Å². The number of fused-ring (bicyclic) bond motifs is 27. The zero-order chi connectivity index (χ0) is 66.7. The molecule has 0 atom stereocenters. The molecule has 0 bridgehead atoms. The molecule has 4 heterocycles. The topological polar surface area (TPSA) is 83.5 Å². The van der Waals surface area contributed by atoms with Crippen molar-refractivity contribution in [3.8, 4) is 89.8 Å². The van der Waals surface area contributed by atoms with E-state index in [0.717, 1.165) is 150 Å². The Kier molecular flexibility index (Phi) is 12.2. The smallest absolute Gasteiger partial charge is 0.146 e. The Hall–Kier alpha value is -13.3. The molecule has 2 spiro atoms. The van der Waals surface area contributed by atoms with E-state index in [2.05, 4.69) is 308 Å². The minimum atomic E-state index is -0.581. The molecule has 6 nitrogen and oxygen atoms in total. The normalized spacial score (nSPS) is 13.7. The lowest BCUT2D eigenvalue weighted by Crippen LogP contribution is -2.32. The zero-order valence-corrected chi connectivity index (χ0v) is 54.5. The fraction of sp³-hybridized carbons (Fsp3) is 0.0211. The highest BCUT2D eigenvalue weighted by Gasteiger charge is 2.53. The Balaban J connectivity index is 0.598. The fourth-order valence-corrected chi connectivity index (χ4v) is 17.7. The van der Waals surface area contributed by atoms with E-state index in [1.54, 1.807) is 12.2 Å². The van der Waals surface area contributed by atoms with E-state index in [1.165, 1.54) is 44.5 Å². The van der Waals surface area contributed by atoms with Gasteiger partial charge in [-0.3, -0.25) is 4.40 Å². The van der Waals surface area contributed by atoms with Gasteiger partial charge in [0.25, 0.3) is 0 Å². The molecule has 6 heteroatoms. The molecule has 101 heavy (non-hydrogen) atoms. The van der Waals surface area contributed by atoms with Gasteiger partial charge < -0.3 is 20.3 Å². The molecule has 15 aromatic carbocycles. The number of allylic oxidation sites excluding steroid dienone is 2. The highest BCUT2D eigenvalue weighted by Crippen LogP contribution is 2.64. The summed E-state index contributed by atoms with van der Waals surface area (Å²) < 4.78 is 15.9. The third-order valence-electron chi connectivity index (χ3n) is 22.0. The first-order valence-corrected chi connectivity index (χ1v) is 34.5. The third kappa shape index (κ3) is 8.13. The van der Waals surface area contributed by atoms with Crippen molar-refractivity contribution in [2.45, 2.75) is 10.8 Å². The number of rotatable bonds is 8. The lowest BCUT2D eigenvalue weighted by molar-refractivity contribution is 0.436. The van der Waals surface area contributed by atoms with Gasteiger partial charge in [0, 0.05) is 38.6 Å². The second-order valence-corrected chi connectivity index (χ2v) is 27.1. The van der Waals surface area contributed by atoms with Crippen molar-refractivity contribution in [3.63, 3.8) is 0 Å². The van der Waals surface area contributed by atoms with Crippen molar-refractivity contribution >= 4 is 60.6 Å². The minimum absolute atomic E-state index is 0.315. The van der Waals surface area contributed by atoms with Crippen LogP contribution in [0.15, 0.2) is 340 Å². The van der Waals surface area contributed by atoms with E-state index >= 15 is 0 Å². The number of hydrogen-bond donors (Lipinski definition) is 2. The lowest BCUT2D eigenvalue weighted by Gasteiger charge is -2.39. The molecule has 0 unspecified atom stereocenters. The van der Waals surface area contributed by atoms with Crippen LogP contribution in [0.3, 0.4) is 0 Å². The summed E-state index contributed by atoms with van der Waals surface area (Å²) in [7, 11) is 0. The monoisotopic (exact) mass is 1290 g/mol. The van der Waals surface area contributed by atoms with Gasteiger partial charge in [0.05, 0.1) is 38.8 Å². The number of aromatic nitrogens is 2. The summed E-state index contributed by atoms with van der Waals surface area (Å²) in [6, 6.07) is 117. The van der Waals surface area contributed by atoms with Crippen LogP contribution >= 0.6 is 0 Å². The summed E-state index contributed by atoms with van der Waals surface area (Å²) >= 11 is 0. The summed E-state index contributed by atoms with van der Waals surface area (Å²) in [5.41, 5.74) is 28.0. The van der Waals surface area contributed by atoms with Crippen molar-refractivity contribution in [2.75, 3.05) is 0 Å². The first kappa shape index (κ1) is 56.8. The van der Waals surface area contributed by atoms with Gasteiger partial charge in [0.15, 0.2) is 0 Å². The van der Waals surface area contributed by atoms with Crippen molar-refractivity contribution in [3.05, 3.63) is 395 Å². The van der Waals surface area contributed by atoms with E-state index in [-0.39, 0.29) is 0 Å². The van der Waals surface area contributed by atoms with Gasteiger partial charge in [-0.15, -0.1) is 0 Å². The van der Waals surface area contributed by atoms with Crippen LogP contribution in [0.25, 0.3) is 116 Å². The molecule has 470 valence electrons. The van der Waals surface area contributed by atoms with Crippen LogP contribution in [0, 0.1) is 10.8 Å². The van der Waals surface area contributed by atoms with Crippen molar-refractivity contribution < 1.29 is 9.47 Å². The molecule has 0 fully saturated rings. The number of imidazole rings is 1. The maximum absolute atomic E-state index is 9.57. The second kappa shape index (κ2) is 21.6. The molecule has 2 aromatic heterocycles. The molecule has 4 aliphatic rings. The molecule has 0 amide bonds. The maximum Gasteiger partial charge on any atom is 0.146 e. The SMILES string of the molecule is N=C(/C=C\C(=N)c1ccc(-c2ccc3c(c2)nc2c4cc(-c5cccc(-c6ccc7c(c6)C6(c8ccccc8O7)c7ccccc7-c7ccccc76)c5)ccc4c4ccccc4n32)c2ccccc12)c1cccc(-c2ccc3c(c2)C2(c4ccccc4O3)c3ccccc3-c3ccccc32)c1. The molecule has 2 aliphatic heterocycles. The van der Waals surface area contributed by atoms with E-state index < -0.39 is 10.8 Å². The molecule has 0 radical (unpaired) electrons. The Labute approximate surface area is 582 Å². The highest BCUT2D eigenvalue weighted by molar-refractivity contribution is 6.20. The fourth-order valence-electron chi connectivity index (χ4n) is 17.7. The molecule has 0 saturated heterocycles. The summed E-state index contributed by atoms with van der Waals surface area (Å²) in [5, 5.41) is 24.4. The van der Waals surface area contributed by atoms with Crippen molar-refractivity contribution in [2.24, 2.45) is 0 Å². The van der Waals surface area contributed by atoms with Crippen LogP contribution in [-0.4, -0.2) is 20.8 Å². The summed E-state index contributed by atoms with van der Waals surface area (Å²) in [6.07, 6.45) is 3.51. The standard InChI is InChI=1S/C95H58N4O2/c96-84(64-22-18-21-59(52-64)62-42-50-92-83(55-62)95(81-35-13-16-38-90(81)101-92)78-32-10-5-27-71(78)72-28-6-11-33-79(72)95)46-47-85(97)73-45-44-65(66-23-1-2-24-67(66)73)63-40-48-88-86(56-63)98-93-75-53-60(39-43-68(75)74-29-7-14-36-87(74)99(88)93)57-19-17-20-58(51-57)61-41-49-91-82(54-61)94(80-34-12-15-37-89(80)100-91)76-30-8-3-25-69(76)70-26-4-9-31-77(70)94/h1-56,96-97H/b47-46-,96-84?,97-85?. The van der Waals surface area contributed by atoms with Gasteiger partial charge in [0.2, 0.25) is 0 Å². The number of para-hydroxylation sites is 3. The second-order valence-electron chi connectivity index (χ2n) is 27.1. The number of ether oxygens (including phenoxy) is 2. The van der Waals surface area contributed by atoms with Crippen LogP contribution in [-0.2, 0) is 10.8 Å². The average Bonchev–Trinajstić information content (AvgIpc) is 1.60. The molecule has 17 aromatic rings. The van der Waals surface area contributed by atoms with Gasteiger partial charge in [-0.2, -0.15) is 0 Å². The Morgan fingerprint density at radius 1 is 0.287 bits per heavy atom. The van der Waals surface area contributed by atoms with Gasteiger partial charge in [-0.25, -0.2) is 4.98 Å². The van der Waals surface area contributed by atoms with E-state index in [4.69, 9.17) is 14.5 Å².